The third-order valence-corrected chi connectivity index (χ3v) is 4.28. The van der Waals surface area contributed by atoms with Gasteiger partial charge in [-0.15, -0.1) is 11.3 Å². The van der Waals surface area contributed by atoms with E-state index in [4.69, 9.17) is 27.9 Å². The molecule has 6 heteroatoms. The molecule has 0 aliphatic carbocycles. The highest BCUT2D eigenvalue weighted by Crippen LogP contribution is 2.37. The highest BCUT2D eigenvalue weighted by molar-refractivity contribution is 7.15. The first kappa shape index (κ1) is 11.6. The molecule has 1 N–H and O–H groups in total. The van der Waals surface area contributed by atoms with Crippen LogP contribution < -0.4 is 5.46 Å². The Morgan fingerprint density at radius 2 is 2.12 bits per heavy atom. The first-order valence-electron chi connectivity index (χ1n) is 5.02. The Balaban J connectivity index is 2.19. The molecule has 2 nitrogen and oxygen atoms in total. The van der Waals surface area contributed by atoms with Crippen molar-refractivity contribution in [3.8, 4) is 11.1 Å². The molecular weight excluding hydrogens is 278 g/mol. The summed E-state index contributed by atoms with van der Waals surface area (Å²) in [5.74, 6) is 0. The van der Waals surface area contributed by atoms with Crippen LogP contribution in [0.5, 0.6) is 0 Å². The van der Waals surface area contributed by atoms with E-state index in [1.54, 1.807) is 0 Å². The van der Waals surface area contributed by atoms with Gasteiger partial charge in [-0.2, -0.15) is 0 Å². The lowest BCUT2D eigenvalue weighted by atomic mass is 9.78. The minimum Gasteiger partial charge on any atom is -0.423 e. The second kappa shape index (κ2) is 4.30. The fraction of sp³-hybridized carbons (Fsp3) is 0.0909. The smallest absolute Gasteiger partial charge is 0.423 e. The van der Waals surface area contributed by atoms with Gasteiger partial charge in [0.15, 0.2) is 0 Å². The van der Waals surface area contributed by atoms with Gasteiger partial charge in [-0.25, -0.2) is 0 Å². The molecule has 0 saturated carbocycles. The molecule has 0 bridgehead atoms. The molecule has 0 unspecified atom stereocenters. The van der Waals surface area contributed by atoms with Crippen molar-refractivity contribution in [2.75, 3.05) is 0 Å². The van der Waals surface area contributed by atoms with Crippen molar-refractivity contribution in [1.29, 1.82) is 0 Å². The molecule has 1 aromatic heterocycles. The van der Waals surface area contributed by atoms with Gasteiger partial charge in [0.25, 0.3) is 0 Å². The molecule has 1 aliphatic rings. The number of fused-ring (bicyclic) bond motifs is 1. The summed E-state index contributed by atoms with van der Waals surface area (Å²) in [5, 5.41) is 12.2. The fourth-order valence-electron chi connectivity index (χ4n) is 1.94. The summed E-state index contributed by atoms with van der Waals surface area (Å²) in [7, 11) is -0.863. The molecule has 1 aromatic carbocycles. The first-order valence-corrected chi connectivity index (χ1v) is 6.65. The maximum Gasteiger partial charge on any atom is 0.491 e. The van der Waals surface area contributed by atoms with E-state index in [2.05, 4.69) is 0 Å². The Bertz CT molecular complexity index is 585. The second-order valence-corrected chi connectivity index (χ2v) is 5.73. The summed E-state index contributed by atoms with van der Waals surface area (Å²) in [4.78, 5) is 0. The van der Waals surface area contributed by atoms with Crippen molar-refractivity contribution in [3.05, 3.63) is 38.5 Å². The van der Waals surface area contributed by atoms with Gasteiger partial charge in [-0.1, -0.05) is 29.3 Å². The number of hydrogen-bond acceptors (Lipinski definition) is 3. The van der Waals surface area contributed by atoms with E-state index in [1.807, 2.05) is 23.6 Å². The van der Waals surface area contributed by atoms with Gasteiger partial charge in [0.1, 0.15) is 4.34 Å². The van der Waals surface area contributed by atoms with Crippen LogP contribution in [0.4, 0.5) is 0 Å². The van der Waals surface area contributed by atoms with Gasteiger partial charge >= 0.3 is 7.12 Å². The highest BCUT2D eigenvalue weighted by atomic mass is 35.5. The average Bonchev–Trinajstić information content (AvgIpc) is 2.85. The molecule has 2 heterocycles. The number of thiophene rings is 1. The van der Waals surface area contributed by atoms with E-state index in [-0.39, 0.29) is 0 Å². The Labute approximate surface area is 113 Å². The van der Waals surface area contributed by atoms with Crippen LogP contribution in [0.2, 0.25) is 9.36 Å². The Morgan fingerprint density at radius 1 is 1.29 bits per heavy atom. The van der Waals surface area contributed by atoms with Gasteiger partial charge in [-0.05, 0) is 28.5 Å². The van der Waals surface area contributed by atoms with E-state index in [0.29, 0.717) is 16.0 Å². The lowest BCUT2D eigenvalue weighted by Gasteiger charge is -2.06. The maximum absolute atomic E-state index is 9.67. The Morgan fingerprint density at radius 3 is 2.82 bits per heavy atom. The van der Waals surface area contributed by atoms with E-state index in [0.717, 1.165) is 22.2 Å². The topological polar surface area (TPSA) is 29.5 Å². The van der Waals surface area contributed by atoms with Crippen LogP contribution in [-0.4, -0.2) is 12.1 Å². The number of halogens is 2. The standard InChI is InChI=1S/C11H7BCl2O2S/c13-10-3-6-5-16-12(15)9(6)4-8(10)7-1-2-17-11(7)14/h1-4,15H,5H2. The summed E-state index contributed by atoms with van der Waals surface area (Å²) >= 11 is 13.8. The monoisotopic (exact) mass is 284 g/mol. The van der Waals surface area contributed by atoms with E-state index < -0.39 is 7.12 Å². The van der Waals surface area contributed by atoms with Crippen LogP contribution in [0.1, 0.15) is 5.56 Å². The molecule has 17 heavy (non-hydrogen) atoms. The van der Waals surface area contributed by atoms with Crippen molar-refractivity contribution in [3.63, 3.8) is 0 Å². The summed E-state index contributed by atoms with van der Waals surface area (Å²) in [5.41, 5.74) is 3.43. The molecule has 3 rings (SSSR count). The molecule has 0 atom stereocenters. The van der Waals surface area contributed by atoms with E-state index in [1.165, 1.54) is 11.3 Å². The van der Waals surface area contributed by atoms with Crippen molar-refractivity contribution >= 4 is 47.1 Å². The van der Waals surface area contributed by atoms with Gasteiger partial charge in [0.05, 0.1) is 6.61 Å². The minimum atomic E-state index is -0.863. The molecule has 0 spiro atoms. The van der Waals surface area contributed by atoms with Crippen molar-refractivity contribution in [2.45, 2.75) is 6.61 Å². The second-order valence-electron chi connectivity index (χ2n) is 3.80. The molecule has 86 valence electrons. The number of rotatable bonds is 1. The summed E-state index contributed by atoms with van der Waals surface area (Å²) in [6, 6.07) is 5.60. The molecule has 1 aliphatic heterocycles. The van der Waals surface area contributed by atoms with Crippen LogP contribution in [0.15, 0.2) is 23.6 Å². The molecule has 2 aromatic rings. The van der Waals surface area contributed by atoms with Gasteiger partial charge in [0, 0.05) is 16.1 Å². The largest absolute Gasteiger partial charge is 0.491 e. The third kappa shape index (κ3) is 1.90. The molecule has 0 fully saturated rings. The lowest BCUT2D eigenvalue weighted by molar-refractivity contribution is 0.275. The zero-order chi connectivity index (χ0) is 12.0. The van der Waals surface area contributed by atoms with Crippen LogP contribution in [-0.2, 0) is 11.3 Å². The third-order valence-electron chi connectivity index (χ3n) is 2.80. The quantitative estimate of drug-likeness (QED) is 0.816. The fourth-order valence-corrected chi connectivity index (χ4v) is 3.17. The van der Waals surface area contributed by atoms with Crippen LogP contribution in [0, 0.1) is 0 Å². The highest BCUT2D eigenvalue weighted by Gasteiger charge is 2.28. The number of hydrogen-bond donors (Lipinski definition) is 1. The van der Waals surface area contributed by atoms with Crippen LogP contribution in [0.3, 0.4) is 0 Å². The summed E-state index contributed by atoms with van der Waals surface area (Å²) in [6.07, 6.45) is 0. The predicted octanol–water partition coefficient (Wildman–Crippen LogP) is 2.94. The summed E-state index contributed by atoms with van der Waals surface area (Å²) in [6.45, 7) is 0.397. The molecular formula is C11H7BCl2O2S. The normalized spacial score (nSPS) is 14.2. The van der Waals surface area contributed by atoms with Crippen molar-refractivity contribution in [2.24, 2.45) is 0 Å². The van der Waals surface area contributed by atoms with Gasteiger partial charge < -0.3 is 9.68 Å². The zero-order valence-corrected chi connectivity index (χ0v) is 10.9. The Kier molecular flexibility index (Phi) is 2.93. The van der Waals surface area contributed by atoms with E-state index >= 15 is 0 Å². The maximum atomic E-state index is 9.67. The van der Waals surface area contributed by atoms with E-state index in [9.17, 15) is 5.02 Å². The van der Waals surface area contributed by atoms with Crippen molar-refractivity contribution < 1.29 is 9.68 Å². The zero-order valence-electron chi connectivity index (χ0n) is 8.61. The minimum absolute atomic E-state index is 0.397. The summed E-state index contributed by atoms with van der Waals surface area (Å²) < 4.78 is 5.84. The Hall–Kier alpha value is -0.515. The van der Waals surface area contributed by atoms with Crippen LogP contribution in [0.25, 0.3) is 11.1 Å². The van der Waals surface area contributed by atoms with Gasteiger partial charge in [-0.3, -0.25) is 0 Å². The lowest BCUT2D eigenvalue weighted by Crippen LogP contribution is -2.28. The molecule has 0 amide bonds. The molecule has 0 saturated heterocycles. The molecule has 0 radical (unpaired) electrons. The predicted molar refractivity (Wildman–Crippen MR) is 72.2 cm³/mol. The SMILES string of the molecule is OB1OCc2cc(Cl)c(-c3ccsc3Cl)cc21. The van der Waals surface area contributed by atoms with Crippen LogP contribution >= 0.6 is 34.5 Å². The average molecular weight is 285 g/mol. The van der Waals surface area contributed by atoms with Gasteiger partial charge in [0.2, 0.25) is 0 Å². The van der Waals surface area contributed by atoms with Crippen molar-refractivity contribution in [1.82, 2.24) is 0 Å². The first-order chi connectivity index (χ1) is 8.16. The number of benzene rings is 1.